The quantitative estimate of drug-likeness (QED) is 0.440. The van der Waals surface area contributed by atoms with Crippen molar-refractivity contribution < 1.29 is 4.42 Å². The van der Waals surface area contributed by atoms with E-state index in [1.807, 2.05) is 18.2 Å². The molecule has 0 fully saturated rings. The van der Waals surface area contributed by atoms with Gasteiger partial charge in [-0.25, -0.2) is 0 Å². The zero-order chi connectivity index (χ0) is 14.1. The Morgan fingerprint density at radius 2 is 1.62 bits per heavy atom. The average molecular weight is 308 g/mol. The Morgan fingerprint density at radius 1 is 0.810 bits per heavy atom. The van der Waals surface area contributed by atoms with E-state index in [0.29, 0.717) is 0 Å². The van der Waals surface area contributed by atoms with E-state index in [0.717, 1.165) is 11.3 Å². The third kappa shape index (κ3) is 2.39. The Morgan fingerprint density at radius 3 is 2.43 bits per heavy atom. The third-order valence-electron chi connectivity index (χ3n) is 3.26. The van der Waals surface area contributed by atoms with Crippen molar-refractivity contribution in [3.63, 3.8) is 0 Å². The van der Waals surface area contributed by atoms with Gasteiger partial charge < -0.3 is 4.42 Å². The van der Waals surface area contributed by atoms with Gasteiger partial charge in [-0.1, -0.05) is 48.2 Å². The Hall–Kier alpha value is -1.97. The molecular weight excluding hydrogens is 296 g/mol. The molecule has 0 N–H and O–H groups in total. The van der Waals surface area contributed by atoms with E-state index >= 15 is 0 Å². The topological polar surface area (TPSA) is 13.1 Å². The van der Waals surface area contributed by atoms with Crippen molar-refractivity contribution in [1.29, 1.82) is 0 Å². The molecule has 3 heteroatoms. The highest BCUT2D eigenvalue weighted by atomic mass is 32.2. The first-order valence-corrected chi connectivity index (χ1v) is 8.40. The molecule has 0 saturated carbocycles. The maximum atomic E-state index is 6.11. The fraction of sp³-hybridized carbons (Fsp3) is 0. The Bertz CT molecular complexity index is 861. The van der Waals surface area contributed by atoms with Crippen LogP contribution in [0.1, 0.15) is 0 Å². The van der Waals surface area contributed by atoms with E-state index < -0.39 is 0 Å². The monoisotopic (exact) mass is 308 g/mol. The minimum Gasteiger partial charge on any atom is -0.454 e. The molecule has 0 aliphatic heterocycles. The molecule has 0 unspecified atom stereocenters. The molecule has 0 amide bonds. The minimum atomic E-state index is 0.944. The van der Waals surface area contributed by atoms with E-state index in [1.54, 1.807) is 23.1 Å². The maximum Gasteiger partial charge on any atom is 0.159 e. The molecule has 4 rings (SSSR count). The van der Waals surface area contributed by atoms with Crippen LogP contribution < -0.4 is 0 Å². The Balaban J connectivity index is 1.91. The van der Waals surface area contributed by atoms with E-state index in [9.17, 15) is 0 Å². The third-order valence-corrected chi connectivity index (χ3v) is 5.24. The van der Waals surface area contributed by atoms with Gasteiger partial charge in [0.05, 0.1) is 9.77 Å². The molecule has 0 spiro atoms. The highest BCUT2D eigenvalue weighted by Crippen LogP contribution is 2.44. The van der Waals surface area contributed by atoms with Crippen LogP contribution in [0.3, 0.4) is 0 Å². The van der Waals surface area contributed by atoms with Crippen LogP contribution in [-0.4, -0.2) is 0 Å². The second-order valence-corrected chi connectivity index (χ2v) is 6.68. The van der Waals surface area contributed by atoms with Gasteiger partial charge in [0, 0.05) is 10.3 Å². The molecule has 0 radical (unpaired) electrons. The highest BCUT2D eigenvalue weighted by Gasteiger charge is 2.17. The summed E-state index contributed by atoms with van der Waals surface area (Å²) < 4.78 is 6.11. The van der Waals surface area contributed by atoms with Crippen LogP contribution in [0.5, 0.6) is 0 Å². The Labute approximate surface area is 131 Å². The van der Waals surface area contributed by atoms with Crippen molar-refractivity contribution in [1.82, 2.24) is 0 Å². The lowest BCUT2D eigenvalue weighted by Crippen LogP contribution is -1.75. The minimum absolute atomic E-state index is 0.944. The number of rotatable bonds is 3. The van der Waals surface area contributed by atoms with Gasteiger partial charge in [-0.2, -0.15) is 0 Å². The van der Waals surface area contributed by atoms with Crippen LogP contribution in [0.15, 0.2) is 86.3 Å². The summed E-state index contributed by atoms with van der Waals surface area (Å²) in [5.74, 6) is 0.972. The normalized spacial score (nSPS) is 11.0. The SMILES string of the molecule is c1ccc(Sc2c(-c3cccs3)oc3ccccc23)cc1. The number of hydrogen-bond acceptors (Lipinski definition) is 3. The van der Waals surface area contributed by atoms with Crippen molar-refractivity contribution in [3.05, 3.63) is 72.1 Å². The number of fused-ring (bicyclic) bond motifs is 1. The average Bonchev–Trinajstić information content (AvgIpc) is 3.16. The van der Waals surface area contributed by atoms with Gasteiger partial charge in [0.25, 0.3) is 0 Å². The lowest BCUT2D eigenvalue weighted by atomic mass is 10.2. The molecule has 0 saturated heterocycles. The second-order valence-electron chi connectivity index (χ2n) is 4.65. The molecule has 102 valence electrons. The van der Waals surface area contributed by atoms with Gasteiger partial charge in [-0.3, -0.25) is 0 Å². The van der Waals surface area contributed by atoms with Crippen LogP contribution >= 0.6 is 23.1 Å². The summed E-state index contributed by atoms with van der Waals surface area (Å²) in [6.07, 6.45) is 0. The molecule has 1 nitrogen and oxygen atoms in total. The molecule has 2 aromatic carbocycles. The molecule has 2 heterocycles. The number of thiophene rings is 1. The molecule has 2 aromatic heterocycles. The maximum absolute atomic E-state index is 6.11. The first-order valence-electron chi connectivity index (χ1n) is 6.70. The molecule has 0 bridgehead atoms. The van der Waals surface area contributed by atoms with Gasteiger partial charge in [-0.15, -0.1) is 11.3 Å². The standard InChI is InChI=1S/C18H12OS2/c1-2-7-13(8-3-1)21-18-14-9-4-5-10-15(14)19-17(18)16-11-6-12-20-16/h1-12H. The Kier molecular flexibility index (Phi) is 3.30. The van der Waals surface area contributed by atoms with Gasteiger partial charge in [0.1, 0.15) is 5.58 Å². The summed E-state index contributed by atoms with van der Waals surface area (Å²) in [5.41, 5.74) is 0.944. The summed E-state index contributed by atoms with van der Waals surface area (Å²) in [6, 6.07) is 22.8. The lowest BCUT2D eigenvalue weighted by Gasteiger charge is -2.01. The van der Waals surface area contributed by atoms with Gasteiger partial charge >= 0.3 is 0 Å². The lowest BCUT2D eigenvalue weighted by molar-refractivity contribution is 0.626. The highest BCUT2D eigenvalue weighted by molar-refractivity contribution is 7.99. The number of furan rings is 1. The molecule has 0 atom stereocenters. The van der Waals surface area contributed by atoms with Crippen LogP contribution in [-0.2, 0) is 0 Å². The number of para-hydroxylation sites is 1. The summed E-state index contributed by atoms with van der Waals surface area (Å²) >= 11 is 3.47. The second kappa shape index (κ2) is 5.43. The molecule has 4 aromatic rings. The van der Waals surface area contributed by atoms with E-state index in [-0.39, 0.29) is 0 Å². The van der Waals surface area contributed by atoms with Crippen molar-refractivity contribution >= 4 is 34.1 Å². The zero-order valence-electron chi connectivity index (χ0n) is 11.2. The van der Waals surface area contributed by atoms with Crippen molar-refractivity contribution in [2.24, 2.45) is 0 Å². The van der Waals surface area contributed by atoms with Crippen molar-refractivity contribution in [2.75, 3.05) is 0 Å². The summed E-state index contributed by atoms with van der Waals surface area (Å²) in [7, 11) is 0. The first-order chi connectivity index (χ1) is 10.4. The van der Waals surface area contributed by atoms with Crippen molar-refractivity contribution in [3.8, 4) is 10.6 Å². The zero-order valence-corrected chi connectivity index (χ0v) is 12.8. The summed E-state index contributed by atoms with van der Waals surface area (Å²) in [6.45, 7) is 0. The largest absolute Gasteiger partial charge is 0.454 e. The van der Waals surface area contributed by atoms with Crippen LogP contribution in [0.25, 0.3) is 21.6 Å². The predicted octanol–water partition coefficient (Wildman–Crippen LogP) is 6.31. The number of benzene rings is 2. The fourth-order valence-corrected chi connectivity index (χ4v) is 4.13. The van der Waals surface area contributed by atoms with Gasteiger partial charge in [0.15, 0.2) is 5.76 Å². The van der Waals surface area contributed by atoms with E-state index in [1.165, 1.54) is 20.1 Å². The van der Waals surface area contributed by atoms with Gasteiger partial charge in [0.2, 0.25) is 0 Å². The van der Waals surface area contributed by atoms with Gasteiger partial charge in [-0.05, 0) is 35.7 Å². The van der Waals surface area contributed by atoms with E-state index in [4.69, 9.17) is 4.42 Å². The summed E-state index contributed by atoms with van der Waals surface area (Å²) in [4.78, 5) is 3.59. The summed E-state index contributed by atoms with van der Waals surface area (Å²) in [5, 5.41) is 3.26. The van der Waals surface area contributed by atoms with Crippen LogP contribution in [0.2, 0.25) is 0 Å². The molecular formula is C18H12OS2. The van der Waals surface area contributed by atoms with Crippen molar-refractivity contribution in [2.45, 2.75) is 9.79 Å². The molecule has 21 heavy (non-hydrogen) atoms. The van der Waals surface area contributed by atoms with Crippen LogP contribution in [0.4, 0.5) is 0 Å². The van der Waals surface area contributed by atoms with E-state index in [2.05, 4.69) is 53.9 Å². The first kappa shape index (κ1) is 12.7. The fourth-order valence-electron chi connectivity index (χ4n) is 2.30. The predicted molar refractivity (Wildman–Crippen MR) is 90.1 cm³/mol. The molecule has 0 aliphatic rings. The van der Waals surface area contributed by atoms with Crippen LogP contribution in [0, 0.1) is 0 Å². The smallest absolute Gasteiger partial charge is 0.159 e. The number of hydrogen-bond donors (Lipinski definition) is 0. The molecule has 0 aliphatic carbocycles.